The van der Waals surface area contributed by atoms with E-state index in [1.54, 1.807) is 24.3 Å². The monoisotopic (exact) mass is 356 g/mol. The maximum atomic E-state index is 10.5. The fraction of sp³-hybridized carbons (Fsp3) is 0.737. The predicted octanol–water partition coefficient (Wildman–Crippen LogP) is 1.62. The summed E-state index contributed by atoms with van der Waals surface area (Å²) in [7, 11) is 0. The zero-order valence-corrected chi connectivity index (χ0v) is 14.9. The Morgan fingerprint density at radius 3 is 2.44 bits per heavy atom. The number of carboxylic acids is 1. The van der Waals surface area contributed by atoms with Crippen molar-refractivity contribution in [1.29, 1.82) is 0 Å². The third-order valence-electron chi connectivity index (χ3n) is 4.79. The third-order valence-corrected chi connectivity index (χ3v) is 4.79. The van der Waals surface area contributed by atoms with Crippen molar-refractivity contribution in [3.05, 3.63) is 24.3 Å². The quantitative estimate of drug-likeness (QED) is 0.284. The summed E-state index contributed by atoms with van der Waals surface area (Å²) >= 11 is 0. The van der Waals surface area contributed by atoms with Crippen LogP contribution in [0.25, 0.3) is 0 Å². The number of allylic oxidation sites excluding steroid dienone is 2. The number of rotatable bonds is 11. The molecule has 6 nitrogen and oxygen atoms in total. The van der Waals surface area contributed by atoms with Crippen molar-refractivity contribution in [2.24, 2.45) is 11.8 Å². The van der Waals surface area contributed by atoms with E-state index in [-0.39, 0.29) is 12.3 Å². The van der Waals surface area contributed by atoms with Crippen molar-refractivity contribution in [1.82, 2.24) is 0 Å². The first-order valence-corrected chi connectivity index (χ1v) is 9.15. The van der Waals surface area contributed by atoms with Gasteiger partial charge in [0.05, 0.1) is 18.3 Å². The maximum Gasteiger partial charge on any atom is 0.303 e. The molecule has 1 saturated carbocycles. The molecule has 1 fully saturated rings. The van der Waals surface area contributed by atoms with Gasteiger partial charge in [-0.15, -0.1) is 0 Å². The molecule has 0 heterocycles. The highest BCUT2D eigenvalue weighted by atomic mass is 16.4. The van der Waals surface area contributed by atoms with Crippen LogP contribution in [-0.4, -0.2) is 55.9 Å². The number of hydrogen-bond donors (Lipinski definition) is 5. The Morgan fingerprint density at radius 2 is 1.80 bits per heavy atom. The SMILES string of the molecule is CCCCCC(O)/C=C/C1C(O)C(O)C(O)C1C/C=C/CCC(=O)O. The first-order valence-electron chi connectivity index (χ1n) is 9.15. The van der Waals surface area contributed by atoms with E-state index in [1.165, 1.54) is 0 Å². The number of hydrogen-bond acceptors (Lipinski definition) is 5. The number of aliphatic carboxylic acids is 1. The molecule has 0 amide bonds. The molecule has 6 atom stereocenters. The van der Waals surface area contributed by atoms with Gasteiger partial charge in [0.2, 0.25) is 0 Å². The summed E-state index contributed by atoms with van der Waals surface area (Å²) in [4.78, 5) is 10.5. The van der Waals surface area contributed by atoms with Crippen molar-refractivity contribution in [2.75, 3.05) is 0 Å². The number of unbranched alkanes of at least 4 members (excludes halogenated alkanes) is 2. The second kappa shape index (κ2) is 11.4. The van der Waals surface area contributed by atoms with E-state index in [0.717, 1.165) is 19.3 Å². The van der Waals surface area contributed by atoms with Crippen molar-refractivity contribution >= 4 is 5.97 Å². The van der Waals surface area contributed by atoms with E-state index < -0.39 is 36.3 Å². The summed E-state index contributed by atoms with van der Waals surface area (Å²) in [5.74, 6) is -1.69. The summed E-state index contributed by atoms with van der Waals surface area (Å²) in [5.41, 5.74) is 0. The highest BCUT2D eigenvalue weighted by Crippen LogP contribution is 2.36. The Labute approximate surface area is 149 Å². The minimum Gasteiger partial charge on any atom is -0.481 e. The summed E-state index contributed by atoms with van der Waals surface area (Å²) in [6.07, 6.45) is 7.48. The fourth-order valence-electron chi connectivity index (χ4n) is 3.25. The molecule has 5 N–H and O–H groups in total. The topological polar surface area (TPSA) is 118 Å². The van der Waals surface area contributed by atoms with Crippen LogP contribution in [0, 0.1) is 11.8 Å². The average molecular weight is 356 g/mol. The van der Waals surface area contributed by atoms with Crippen LogP contribution in [0.5, 0.6) is 0 Å². The lowest BCUT2D eigenvalue weighted by Crippen LogP contribution is -2.30. The van der Waals surface area contributed by atoms with Crippen LogP contribution in [0.4, 0.5) is 0 Å². The molecule has 0 aromatic heterocycles. The van der Waals surface area contributed by atoms with Crippen LogP contribution in [0.3, 0.4) is 0 Å². The molecule has 1 aliphatic rings. The summed E-state index contributed by atoms with van der Waals surface area (Å²) in [6, 6.07) is 0. The Hall–Kier alpha value is -1.21. The first kappa shape index (κ1) is 21.8. The number of carbonyl (C=O) groups is 1. The maximum absolute atomic E-state index is 10.5. The van der Waals surface area contributed by atoms with Crippen molar-refractivity contribution in [2.45, 2.75) is 76.3 Å². The van der Waals surface area contributed by atoms with Crippen LogP contribution >= 0.6 is 0 Å². The zero-order chi connectivity index (χ0) is 18.8. The van der Waals surface area contributed by atoms with Gasteiger partial charge >= 0.3 is 5.97 Å². The Bertz CT molecular complexity index is 447. The van der Waals surface area contributed by atoms with Crippen LogP contribution in [0.1, 0.15) is 51.9 Å². The van der Waals surface area contributed by atoms with Gasteiger partial charge in [0, 0.05) is 12.3 Å². The van der Waals surface area contributed by atoms with Gasteiger partial charge in [0.15, 0.2) is 0 Å². The second-order valence-electron chi connectivity index (χ2n) is 6.80. The van der Waals surface area contributed by atoms with Crippen molar-refractivity contribution in [3.8, 4) is 0 Å². The Balaban J connectivity index is 2.61. The molecule has 1 rings (SSSR count). The molecule has 6 heteroatoms. The van der Waals surface area contributed by atoms with Crippen LogP contribution in [0.15, 0.2) is 24.3 Å². The van der Waals surface area contributed by atoms with E-state index >= 15 is 0 Å². The Morgan fingerprint density at radius 1 is 1.08 bits per heavy atom. The largest absolute Gasteiger partial charge is 0.481 e. The summed E-state index contributed by atoms with van der Waals surface area (Å²) < 4.78 is 0. The van der Waals surface area contributed by atoms with Crippen LogP contribution in [0.2, 0.25) is 0 Å². The lowest BCUT2D eigenvalue weighted by Gasteiger charge is -2.19. The lowest BCUT2D eigenvalue weighted by atomic mass is 9.89. The standard InChI is InChI=1S/C19H32O6/c1-2-3-5-8-13(20)11-12-15-14(17(23)19(25)18(15)24)9-6-4-7-10-16(21)22/h4,6,11-15,17-20,23-25H,2-3,5,7-10H2,1H3,(H,21,22)/b6-4+,12-11+. The molecule has 25 heavy (non-hydrogen) atoms. The van der Waals surface area contributed by atoms with Crippen molar-refractivity contribution in [3.63, 3.8) is 0 Å². The fourth-order valence-corrected chi connectivity index (χ4v) is 3.25. The van der Waals surface area contributed by atoms with Crippen LogP contribution in [-0.2, 0) is 4.79 Å². The molecule has 0 spiro atoms. The zero-order valence-electron chi connectivity index (χ0n) is 14.9. The first-order chi connectivity index (χ1) is 11.9. The number of aliphatic hydroxyl groups excluding tert-OH is 4. The van der Waals surface area contributed by atoms with Gasteiger partial charge in [0.1, 0.15) is 6.10 Å². The molecule has 0 saturated heterocycles. The van der Waals surface area contributed by atoms with Gasteiger partial charge in [-0.25, -0.2) is 0 Å². The highest BCUT2D eigenvalue weighted by molar-refractivity contribution is 5.66. The minimum absolute atomic E-state index is 0.0439. The minimum atomic E-state index is -1.22. The summed E-state index contributed by atoms with van der Waals surface area (Å²) in [6.45, 7) is 2.09. The molecule has 0 aromatic carbocycles. The van der Waals surface area contributed by atoms with Crippen LogP contribution < -0.4 is 0 Å². The molecule has 0 aromatic rings. The van der Waals surface area contributed by atoms with Crippen molar-refractivity contribution < 1.29 is 30.3 Å². The predicted molar refractivity (Wildman–Crippen MR) is 94.9 cm³/mol. The normalized spacial score (nSPS) is 31.2. The van der Waals surface area contributed by atoms with E-state index in [2.05, 4.69) is 6.92 Å². The molecular weight excluding hydrogens is 324 g/mol. The molecule has 0 aliphatic heterocycles. The molecule has 6 unspecified atom stereocenters. The average Bonchev–Trinajstić information content (AvgIpc) is 2.76. The number of carboxylic acid groups (broad SMARTS) is 1. The molecule has 1 aliphatic carbocycles. The lowest BCUT2D eigenvalue weighted by molar-refractivity contribution is -0.136. The van der Waals surface area contributed by atoms with Gasteiger partial charge < -0.3 is 25.5 Å². The van der Waals surface area contributed by atoms with Gasteiger partial charge in [-0.1, -0.05) is 50.5 Å². The van der Waals surface area contributed by atoms with Gasteiger partial charge in [-0.05, 0) is 25.2 Å². The van der Waals surface area contributed by atoms with E-state index in [4.69, 9.17) is 5.11 Å². The van der Waals surface area contributed by atoms with E-state index in [0.29, 0.717) is 19.3 Å². The molecular formula is C19H32O6. The third kappa shape index (κ3) is 7.28. The summed E-state index contributed by atoms with van der Waals surface area (Å²) in [5, 5.41) is 48.8. The Kier molecular flexibility index (Phi) is 9.97. The molecule has 0 bridgehead atoms. The molecule has 144 valence electrons. The van der Waals surface area contributed by atoms with Gasteiger partial charge in [0.25, 0.3) is 0 Å². The second-order valence-corrected chi connectivity index (χ2v) is 6.80. The van der Waals surface area contributed by atoms with E-state index in [1.807, 2.05) is 0 Å². The van der Waals surface area contributed by atoms with Gasteiger partial charge in [-0.2, -0.15) is 0 Å². The smallest absolute Gasteiger partial charge is 0.303 e. The van der Waals surface area contributed by atoms with E-state index in [9.17, 15) is 25.2 Å². The molecule has 0 radical (unpaired) electrons. The van der Waals surface area contributed by atoms with Gasteiger partial charge in [-0.3, -0.25) is 4.79 Å². The number of aliphatic hydroxyl groups is 4. The highest BCUT2D eigenvalue weighted by Gasteiger charge is 2.46.